The standard InChI is InChI=1S/C20H17ClN4O/c21-15-7-9-16(10-8-15)24-20(26)17-12-19(23-13-22-17)25-11-3-5-14-4-1-2-6-18(14)25/h1-2,4,6-10,12-13H,3,5,11H2,(H,24,26). The molecule has 0 atom stereocenters. The molecule has 1 aliphatic heterocycles. The lowest BCUT2D eigenvalue weighted by molar-refractivity contribution is 0.102. The summed E-state index contributed by atoms with van der Waals surface area (Å²) in [6, 6.07) is 17.0. The number of nitrogens with zero attached hydrogens (tertiary/aromatic N) is 3. The smallest absolute Gasteiger partial charge is 0.274 e. The zero-order chi connectivity index (χ0) is 17.9. The number of aromatic nitrogens is 2. The minimum atomic E-state index is -0.277. The zero-order valence-electron chi connectivity index (χ0n) is 14.0. The topological polar surface area (TPSA) is 58.1 Å². The SMILES string of the molecule is O=C(Nc1ccc(Cl)cc1)c1cc(N2CCCc3ccccc32)ncn1. The number of fused-ring (bicyclic) bond motifs is 1. The number of amides is 1. The van der Waals surface area contributed by atoms with Crippen molar-refractivity contribution in [3.63, 3.8) is 0 Å². The Labute approximate surface area is 156 Å². The predicted molar refractivity (Wildman–Crippen MR) is 103 cm³/mol. The Morgan fingerprint density at radius 3 is 2.73 bits per heavy atom. The number of rotatable bonds is 3. The van der Waals surface area contributed by atoms with Crippen molar-refractivity contribution in [2.24, 2.45) is 0 Å². The number of aryl methyl sites for hydroxylation is 1. The molecule has 1 N–H and O–H groups in total. The Morgan fingerprint density at radius 2 is 1.88 bits per heavy atom. The normalized spacial score (nSPS) is 13.2. The summed E-state index contributed by atoms with van der Waals surface area (Å²) >= 11 is 5.87. The number of benzene rings is 2. The molecule has 0 radical (unpaired) electrons. The minimum Gasteiger partial charge on any atom is -0.326 e. The van der Waals surface area contributed by atoms with Crippen LogP contribution in [0.25, 0.3) is 0 Å². The van der Waals surface area contributed by atoms with E-state index in [1.807, 2.05) is 12.1 Å². The van der Waals surface area contributed by atoms with Gasteiger partial charge >= 0.3 is 0 Å². The highest BCUT2D eigenvalue weighted by atomic mass is 35.5. The summed E-state index contributed by atoms with van der Waals surface area (Å²) in [6.45, 7) is 0.867. The Kier molecular flexibility index (Phi) is 4.54. The molecule has 5 nitrogen and oxygen atoms in total. The van der Waals surface area contributed by atoms with Crippen molar-refractivity contribution in [3.05, 3.63) is 77.2 Å². The van der Waals surface area contributed by atoms with E-state index >= 15 is 0 Å². The molecular weight excluding hydrogens is 348 g/mol. The summed E-state index contributed by atoms with van der Waals surface area (Å²) in [6.07, 6.45) is 3.54. The number of nitrogens with one attached hydrogen (secondary N) is 1. The second-order valence-electron chi connectivity index (χ2n) is 6.11. The van der Waals surface area contributed by atoms with Crippen LogP contribution < -0.4 is 10.2 Å². The molecule has 0 saturated carbocycles. The van der Waals surface area contributed by atoms with Gasteiger partial charge in [-0.25, -0.2) is 9.97 Å². The van der Waals surface area contributed by atoms with Crippen molar-refractivity contribution in [1.82, 2.24) is 9.97 Å². The van der Waals surface area contributed by atoms with E-state index in [9.17, 15) is 4.79 Å². The number of para-hydroxylation sites is 1. The molecule has 26 heavy (non-hydrogen) atoms. The molecule has 0 unspecified atom stereocenters. The van der Waals surface area contributed by atoms with E-state index in [2.05, 4.69) is 32.3 Å². The molecule has 1 aliphatic rings. The molecule has 0 saturated heterocycles. The molecule has 3 aromatic rings. The maximum absolute atomic E-state index is 12.5. The third-order valence-corrected chi connectivity index (χ3v) is 4.63. The second-order valence-corrected chi connectivity index (χ2v) is 6.54. The molecule has 2 aromatic carbocycles. The van der Waals surface area contributed by atoms with Gasteiger partial charge in [0, 0.05) is 29.0 Å². The van der Waals surface area contributed by atoms with Crippen LogP contribution in [0.3, 0.4) is 0 Å². The van der Waals surface area contributed by atoms with E-state index in [-0.39, 0.29) is 5.91 Å². The lowest BCUT2D eigenvalue weighted by Gasteiger charge is -2.30. The van der Waals surface area contributed by atoms with Gasteiger partial charge in [-0.15, -0.1) is 0 Å². The van der Waals surface area contributed by atoms with Gasteiger partial charge < -0.3 is 10.2 Å². The fraction of sp³-hybridized carbons (Fsp3) is 0.150. The minimum absolute atomic E-state index is 0.277. The first-order valence-electron chi connectivity index (χ1n) is 8.45. The summed E-state index contributed by atoms with van der Waals surface area (Å²) in [5.74, 6) is 0.453. The third-order valence-electron chi connectivity index (χ3n) is 4.37. The fourth-order valence-electron chi connectivity index (χ4n) is 3.12. The van der Waals surface area contributed by atoms with E-state index in [0.717, 1.165) is 30.9 Å². The average Bonchev–Trinajstić information content (AvgIpc) is 2.69. The van der Waals surface area contributed by atoms with E-state index in [0.29, 0.717) is 16.4 Å². The number of hydrogen-bond donors (Lipinski definition) is 1. The van der Waals surface area contributed by atoms with Crippen molar-refractivity contribution < 1.29 is 4.79 Å². The van der Waals surface area contributed by atoms with E-state index < -0.39 is 0 Å². The van der Waals surface area contributed by atoms with Crippen molar-refractivity contribution in [2.45, 2.75) is 12.8 Å². The highest BCUT2D eigenvalue weighted by Crippen LogP contribution is 2.32. The molecule has 2 heterocycles. The molecule has 0 aliphatic carbocycles. The van der Waals surface area contributed by atoms with Crippen LogP contribution in [-0.2, 0) is 6.42 Å². The predicted octanol–water partition coefficient (Wildman–Crippen LogP) is 4.47. The van der Waals surface area contributed by atoms with E-state index in [1.54, 1.807) is 30.3 Å². The van der Waals surface area contributed by atoms with Gasteiger partial charge in [0.1, 0.15) is 17.8 Å². The fourth-order valence-corrected chi connectivity index (χ4v) is 3.24. The van der Waals surface area contributed by atoms with Gasteiger partial charge in [0.2, 0.25) is 0 Å². The molecule has 1 aromatic heterocycles. The van der Waals surface area contributed by atoms with Gasteiger partial charge in [-0.05, 0) is 48.7 Å². The molecule has 1 amide bonds. The summed E-state index contributed by atoms with van der Waals surface area (Å²) in [5.41, 5.74) is 3.43. The van der Waals surface area contributed by atoms with Crippen LogP contribution in [0.15, 0.2) is 60.9 Å². The first-order valence-corrected chi connectivity index (χ1v) is 8.83. The highest BCUT2D eigenvalue weighted by Gasteiger charge is 2.20. The quantitative estimate of drug-likeness (QED) is 0.745. The van der Waals surface area contributed by atoms with Crippen LogP contribution in [0.2, 0.25) is 5.02 Å². The van der Waals surface area contributed by atoms with Crippen molar-refractivity contribution in [3.8, 4) is 0 Å². The third kappa shape index (κ3) is 3.39. The van der Waals surface area contributed by atoms with Crippen LogP contribution in [0, 0.1) is 0 Å². The van der Waals surface area contributed by atoms with Crippen LogP contribution >= 0.6 is 11.6 Å². The largest absolute Gasteiger partial charge is 0.326 e. The zero-order valence-corrected chi connectivity index (χ0v) is 14.8. The average molecular weight is 365 g/mol. The maximum atomic E-state index is 12.5. The summed E-state index contributed by atoms with van der Waals surface area (Å²) in [4.78, 5) is 23.2. The number of carbonyl (C=O) groups is 1. The van der Waals surface area contributed by atoms with Gasteiger partial charge in [0.25, 0.3) is 5.91 Å². The molecule has 4 rings (SSSR count). The van der Waals surface area contributed by atoms with E-state index in [1.165, 1.54) is 11.9 Å². The lowest BCUT2D eigenvalue weighted by Crippen LogP contribution is -2.26. The van der Waals surface area contributed by atoms with Crippen LogP contribution in [0.4, 0.5) is 17.2 Å². The Bertz CT molecular complexity index is 943. The summed E-state index contributed by atoms with van der Waals surface area (Å²) in [5, 5.41) is 3.45. The lowest BCUT2D eigenvalue weighted by atomic mass is 10.0. The first kappa shape index (κ1) is 16.5. The number of carbonyl (C=O) groups excluding carboxylic acids is 1. The van der Waals surface area contributed by atoms with Crippen molar-refractivity contribution in [2.75, 3.05) is 16.8 Å². The van der Waals surface area contributed by atoms with Gasteiger partial charge in [-0.1, -0.05) is 29.8 Å². The molecule has 130 valence electrons. The molecular formula is C20H17ClN4O. The van der Waals surface area contributed by atoms with Crippen LogP contribution in [-0.4, -0.2) is 22.4 Å². The highest BCUT2D eigenvalue weighted by molar-refractivity contribution is 6.30. The molecule has 6 heteroatoms. The summed E-state index contributed by atoms with van der Waals surface area (Å²) < 4.78 is 0. The van der Waals surface area contributed by atoms with Gasteiger partial charge in [0.05, 0.1) is 0 Å². The number of hydrogen-bond acceptors (Lipinski definition) is 4. The van der Waals surface area contributed by atoms with Crippen molar-refractivity contribution in [1.29, 1.82) is 0 Å². The maximum Gasteiger partial charge on any atom is 0.274 e. The molecule has 0 spiro atoms. The Morgan fingerprint density at radius 1 is 1.08 bits per heavy atom. The second kappa shape index (κ2) is 7.14. The summed E-state index contributed by atoms with van der Waals surface area (Å²) in [7, 11) is 0. The van der Waals surface area contributed by atoms with Gasteiger partial charge in [-0.2, -0.15) is 0 Å². The Balaban J connectivity index is 1.59. The van der Waals surface area contributed by atoms with Gasteiger partial charge in [0.15, 0.2) is 0 Å². The number of halogens is 1. The molecule has 0 bridgehead atoms. The molecule has 0 fully saturated rings. The first-order chi connectivity index (χ1) is 12.7. The van der Waals surface area contributed by atoms with Crippen LogP contribution in [0.1, 0.15) is 22.5 Å². The number of anilines is 3. The van der Waals surface area contributed by atoms with Crippen LogP contribution in [0.5, 0.6) is 0 Å². The monoisotopic (exact) mass is 364 g/mol. The van der Waals surface area contributed by atoms with Gasteiger partial charge in [-0.3, -0.25) is 4.79 Å². The Hall–Kier alpha value is -2.92. The van der Waals surface area contributed by atoms with E-state index in [4.69, 9.17) is 11.6 Å². The van der Waals surface area contributed by atoms with Crippen molar-refractivity contribution >= 4 is 34.7 Å².